The van der Waals surface area contributed by atoms with Gasteiger partial charge >= 0.3 is 0 Å². The van der Waals surface area contributed by atoms with Crippen LogP contribution in [-0.4, -0.2) is 16.6 Å². The number of aromatic nitrogens is 2. The topological polar surface area (TPSA) is 47.0 Å². The molecule has 1 aromatic heterocycles. The van der Waals surface area contributed by atoms with Gasteiger partial charge in [0.05, 0.1) is 17.7 Å². The van der Waals surface area contributed by atoms with Gasteiger partial charge < -0.3 is 10.1 Å². The lowest BCUT2D eigenvalue weighted by molar-refractivity contribution is 0.316. The highest BCUT2D eigenvalue weighted by Crippen LogP contribution is 2.37. The van der Waals surface area contributed by atoms with E-state index in [0.29, 0.717) is 17.6 Å². The first-order valence-electron chi connectivity index (χ1n) is 6.71. The summed E-state index contributed by atoms with van der Waals surface area (Å²) in [5.41, 5.74) is 2.01. The van der Waals surface area contributed by atoms with Crippen LogP contribution in [0.4, 0.5) is 5.95 Å². The molecule has 0 fully saturated rings. The van der Waals surface area contributed by atoms with Crippen molar-refractivity contribution in [2.75, 3.05) is 11.9 Å². The highest BCUT2D eigenvalue weighted by atomic mass is 35.5. The minimum Gasteiger partial charge on any atom is -0.492 e. The third-order valence-electron chi connectivity index (χ3n) is 3.35. The van der Waals surface area contributed by atoms with E-state index in [9.17, 15) is 0 Å². The molecule has 1 aliphatic heterocycles. The van der Waals surface area contributed by atoms with Crippen molar-refractivity contribution in [3.63, 3.8) is 0 Å². The van der Waals surface area contributed by atoms with Gasteiger partial charge in [-0.15, -0.1) is 0 Å². The number of hydrogen-bond donors (Lipinski definition) is 1. The molecule has 0 saturated heterocycles. The molecular weight excluding hydrogens is 274 g/mol. The molecule has 1 aromatic carbocycles. The summed E-state index contributed by atoms with van der Waals surface area (Å²) >= 11 is 6.22. The molecule has 3 rings (SSSR count). The van der Waals surface area contributed by atoms with Crippen LogP contribution in [0.5, 0.6) is 5.75 Å². The highest BCUT2D eigenvalue weighted by molar-refractivity contribution is 6.32. The van der Waals surface area contributed by atoms with Crippen LogP contribution >= 0.6 is 11.6 Å². The first kappa shape index (κ1) is 13.2. The van der Waals surface area contributed by atoms with Crippen LogP contribution in [0.1, 0.15) is 30.1 Å². The van der Waals surface area contributed by atoms with E-state index in [1.54, 1.807) is 6.20 Å². The molecule has 0 amide bonds. The Kier molecular flexibility index (Phi) is 3.74. The van der Waals surface area contributed by atoms with Crippen LogP contribution in [-0.2, 0) is 0 Å². The van der Waals surface area contributed by atoms with Crippen molar-refractivity contribution in [2.45, 2.75) is 25.8 Å². The Bertz CT molecular complexity index is 618. The molecule has 0 saturated carbocycles. The largest absolute Gasteiger partial charge is 0.492 e. The van der Waals surface area contributed by atoms with Crippen molar-refractivity contribution in [1.29, 1.82) is 0 Å². The van der Waals surface area contributed by atoms with Gasteiger partial charge in [0.25, 0.3) is 0 Å². The van der Waals surface area contributed by atoms with Gasteiger partial charge in [-0.1, -0.05) is 23.7 Å². The normalized spacial score (nSPS) is 17.8. The summed E-state index contributed by atoms with van der Waals surface area (Å²) in [5.74, 6) is 1.42. The molecule has 5 heteroatoms. The number of halogens is 1. The molecule has 2 heterocycles. The number of ether oxygens (including phenoxy) is 1. The van der Waals surface area contributed by atoms with Gasteiger partial charge in [0.1, 0.15) is 5.75 Å². The molecule has 1 atom stereocenters. The number of nitrogens with one attached hydrogen (secondary N) is 1. The van der Waals surface area contributed by atoms with Gasteiger partial charge in [-0.2, -0.15) is 0 Å². The summed E-state index contributed by atoms with van der Waals surface area (Å²) < 4.78 is 5.76. The SMILES string of the molecule is Cc1ccnc(NC2CCCOc3c(Cl)cccc32)n1. The third kappa shape index (κ3) is 2.70. The lowest BCUT2D eigenvalue weighted by Crippen LogP contribution is -2.12. The van der Waals surface area contributed by atoms with Gasteiger partial charge in [-0.25, -0.2) is 9.97 Å². The number of anilines is 1. The summed E-state index contributed by atoms with van der Waals surface area (Å²) in [6.45, 7) is 2.64. The van der Waals surface area contributed by atoms with Crippen molar-refractivity contribution >= 4 is 17.5 Å². The molecule has 1 aliphatic rings. The molecular formula is C15H16ClN3O. The van der Waals surface area contributed by atoms with Gasteiger partial charge in [-0.05, 0) is 31.9 Å². The number of fused-ring (bicyclic) bond motifs is 1. The maximum Gasteiger partial charge on any atom is 0.223 e. The number of aryl methyl sites for hydroxylation is 1. The van der Waals surface area contributed by atoms with E-state index in [0.717, 1.165) is 29.8 Å². The first-order valence-corrected chi connectivity index (χ1v) is 7.09. The van der Waals surface area contributed by atoms with Gasteiger partial charge in [0.15, 0.2) is 0 Å². The number of nitrogens with zero attached hydrogens (tertiary/aromatic N) is 2. The summed E-state index contributed by atoms with van der Waals surface area (Å²) in [5, 5.41) is 4.04. The van der Waals surface area contributed by atoms with E-state index < -0.39 is 0 Å². The van der Waals surface area contributed by atoms with Crippen LogP contribution < -0.4 is 10.1 Å². The highest BCUT2D eigenvalue weighted by Gasteiger charge is 2.22. The van der Waals surface area contributed by atoms with E-state index in [2.05, 4.69) is 15.3 Å². The lowest BCUT2D eigenvalue weighted by atomic mass is 10.0. The second-order valence-electron chi connectivity index (χ2n) is 4.87. The molecule has 0 bridgehead atoms. The molecule has 20 heavy (non-hydrogen) atoms. The van der Waals surface area contributed by atoms with Gasteiger partial charge in [0.2, 0.25) is 5.95 Å². The minimum absolute atomic E-state index is 0.119. The summed E-state index contributed by atoms with van der Waals surface area (Å²) in [6, 6.07) is 7.84. The first-order chi connectivity index (χ1) is 9.74. The van der Waals surface area contributed by atoms with Gasteiger partial charge in [-0.3, -0.25) is 0 Å². The Morgan fingerprint density at radius 3 is 3.10 bits per heavy atom. The number of rotatable bonds is 2. The Balaban J connectivity index is 1.92. The van der Waals surface area contributed by atoms with Crippen molar-refractivity contribution in [2.24, 2.45) is 0 Å². The Hall–Kier alpha value is -1.81. The number of para-hydroxylation sites is 1. The number of benzene rings is 1. The quantitative estimate of drug-likeness (QED) is 0.914. The van der Waals surface area contributed by atoms with E-state index in [-0.39, 0.29) is 6.04 Å². The van der Waals surface area contributed by atoms with E-state index in [4.69, 9.17) is 16.3 Å². The zero-order valence-electron chi connectivity index (χ0n) is 11.3. The summed E-state index contributed by atoms with van der Waals surface area (Å²) in [6.07, 6.45) is 3.69. The second-order valence-corrected chi connectivity index (χ2v) is 5.27. The summed E-state index contributed by atoms with van der Waals surface area (Å²) in [4.78, 5) is 8.66. The smallest absolute Gasteiger partial charge is 0.223 e. The molecule has 1 unspecified atom stereocenters. The van der Waals surface area contributed by atoms with Crippen molar-refractivity contribution in [1.82, 2.24) is 9.97 Å². The number of hydrogen-bond acceptors (Lipinski definition) is 4. The average Bonchev–Trinajstić information content (AvgIpc) is 2.63. The van der Waals surface area contributed by atoms with Crippen molar-refractivity contribution in [3.05, 3.63) is 46.7 Å². The second kappa shape index (κ2) is 5.67. The fourth-order valence-electron chi connectivity index (χ4n) is 2.39. The molecule has 0 spiro atoms. The van der Waals surface area contributed by atoms with Crippen LogP contribution in [0.2, 0.25) is 5.02 Å². The van der Waals surface area contributed by atoms with E-state index >= 15 is 0 Å². The fourth-order valence-corrected chi connectivity index (χ4v) is 2.63. The molecule has 0 aliphatic carbocycles. The van der Waals surface area contributed by atoms with Crippen LogP contribution in [0.3, 0.4) is 0 Å². The standard InChI is InChI=1S/C15H16ClN3O/c1-10-7-8-17-15(18-10)19-13-6-3-9-20-14-11(13)4-2-5-12(14)16/h2,4-5,7-8,13H,3,6,9H2,1H3,(H,17,18,19). The van der Waals surface area contributed by atoms with Crippen molar-refractivity contribution in [3.8, 4) is 5.75 Å². The lowest BCUT2D eigenvalue weighted by Gasteiger charge is -2.18. The van der Waals surface area contributed by atoms with Crippen LogP contribution in [0.25, 0.3) is 0 Å². The van der Waals surface area contributed by atoms with E-state index in [1.807, 2.05) is 31.2 Å². The maximum atomic E-state index is 6.22. The maximum absolute atomic E-state index is 6.22. The third-order valence-corrected chi connectivity index (χ3v) is 3.65. The minimum atomic E-state index is 0.119. The summed E-state index contributed by atoms with van der Waals surface area (Å²) in [7, 11) is 0. The predicted molar refractivity (Wildman–Crippen MR) is 79.3 cm³/mol. The predicted octanol–water partition coefficient (Wildman–Crippen LogP) is 3.76. The molecule has 104 valence electrons. The molecule has 2 aromatic rings. The molecule has 0 radical (unpaired) electrons. The monoisotopic (exact) mass is 289 g/mol. The van der Waals surface area contributed by atoms with Gasteiger partial charge in [0, 0.05) is 17.5 Å². The fraction of sp³-hybridized carbons (Fsp3) is 0.333. The van der Waals surface area contributed by atoms with Crippen LogP contribution in [0.15, 0.2) is 30.5 Å². The average molecular weight is 290 g/mol. The molecule has 4 nitrogen and oxygen atoms in total. The van der Waals surface area contributed by atoms with Crippen LogP contribution in [0, 0.1) is 6.92 Å². The Labute approximate surface area is 123 Å². The zero-order valence-corrected chi connectivity index (χ0v) is 12.0. The Morgan fingerprint density at radius 2 is 2.25 bits per heavy atom. The Morgan fingerprint density at radius 1 is 1.35 bits per heavy atom. The molecule has 1 N–H and O–H groups in total. The van der Waals surface area contributed by atoms with E-state index in [1.165, 1.54) is 0 Å². The zero-order chi connectivity index (χ0) is 13.9. The van der Waals surface area contributed by atoms with Crippen molar-refractivity contribution < 1.29 is 4.74 Å².